The van der Waals surface area contributed by atoms with Crippen LogP contribution in [0, 0.1) is 0 Å². The first-order valence-electron chi connectivity index (χ1n) is 8.83. The summed E-state index contributed by atoms with van der Waals surface area (Å²) in [5, 5.41) is 13.7. The van der Waals surface area contributed by atoms with Crippen molar-refractivity contribution in [1.82, 2.24) is 0 Å². The molecule has 0 aliphatic carbocycles. The van der Waals surface area contributed by atoms with Crippen molar-refractivity contribution in [3.8, 4) is 5.75 Å². The van der Waals surface area contributed by atoms with Crippen LogP contribution in [-0.4, -0.2) is 23.5 Å². The Kier molecular flexibility index (Phi) is 6.78. The summed E-state index contributed by atoms with van der Waals surface area (Å²) in [6, 6.07) is 10.6. The summed E-state index contributed by atoms with van der Waals surface area (Å²) >= 11 is 0. The molecule has 0 aromatic heterocycles. The maximum atomic E-state index is 11.7. The quantitative estimate of drug-likeness (QED) is 0.544. The number of phenols is 1. The van der Waals surface area contributed by atoms with E-state index in [1.165, 1.54) is 6.92 Å². The number of carbonyl (C=O) groups excluding carboxylic acids is 2. The van der Waals surface area contributed by atoms with E-state index in [4.69, 9.17) is 4.74 Å². The predicted octanol–water partition coefficient (Wildman–Crippen LogP) is 4.34. The first-order valence-corrected chi connectivity index (χ1v) is 8.83. The summed E-state index contributed by atoms with van der Waals surface area (Å²) in [6.07, 6.45) is 1.57. The average molecular weight is 355 g/mol. The molecule has 5 nitrogen and oxygen atoms in total. The van der Waals surface area contributed by atoms with Gasteiger partial charge in [-0.2, -0.15) is 0 Å². The Hall–Kier alpha value is -2.82. The molecule has 0 amide bonds. The molecule has 0 aliphatic heterocycles. The third-order valence-corrected chi connectivity index (χ3v) is 4.14. The maximum absolute atomic E-state index is 11.7. The highest BCUT2D eigenvalue weighted by atomic mass is 16.5. The van der Waals surface area contributed by atoms with Gasteiger partial charge in [0.15, 0.2) is 5.78 Å². The smallest absolute Gasteiger partial charge is 0.338 e. The number of Topliss-reactive ketones (excluding diaryl/α,β-unsaturated/α-hetero) is 1. The fourth-order valence-electron chi connectivity index (χ4n) is 2.79. The van der Waals surface area contributed by atoms with Gasteiger partial charge in [0.05, 0.1) is 17.7 Å². The molecule has 2 N–H and O–H groups in total. The van der Waals surface area contributed by atoms with Crippen LogP contribution < -0.4 is 5.32 Å². The van der Waals surface area contributed by atoms with Gasteiger partial charge < -0.3 is 15.2 Å². The van der Waals surface area contributed by atoms with Crippen LogP contribution >= 0.6 is 0 Å². The van der Waals surface area contributed by atoms with E-state index in [-0.39, 0.29) is 17.5 Å². The minimum Gasteiger partial charge on any atom is -0.507 e. The number of nitrogens with one attached hydrogen (secondary N) is 1. The molecule has 0 fully saturated rings. The van der Waals surface area contributed by atoms with Crippen molar-refractivity contribution in [3.63, 3.8) is 0 Å². The number of rotatable bonds is 8. The Morgan fingerprint density at radius 1 is 1.08 bits per heavy atom. The van der Waals surface area contributed by atoms with E-state index in [1.807, 2.05) is 25.1 Å². The number of ketones is 1. The minimum atomic E-state index is -0.339. The number of ether oxygens (including phenoxy) is 1. The van der Waals surface area contributed by atoms with Gasteiger partial charge in [-0.05, 0) is 61.7 Å². The Labute approximate surface area is 154 Å². The number of anilines is 1. The van der Waals surface area contributed by atoms with Crippen molar-refractivity contribution in [2.45, 2.75) is 40.2 Å². The zero-order valence-corrected chi connectivity index (χ0v) is 15.5. The van der Waals surface area contributed by atoms with Crippen LogP contribution in [0.25, 0.3) is 0 Å². The van der Waals surface area contributed by atoms with E-state index in [2.05, 4.69) is 5.32 Å². The van der Waals surface area contributed by atoms with Gasteiger partial charge in [-0.3, -0.25) is 4.79 Å². The lowest BCUT2D eigenvalue weighted by atomic mass is 9.97. The second-order valence-electron chi connectivity index (χ2n) is 6.06. The molecule has 2 aromatic rings. The maximum Gasteiger partial charge on any atom is 0.338 e. The third-order valence-electron chi connectivity index (χ3n) is 4.14. The van der Waals surface area contributed by atoms with Crippen molar-refractivity contribution in [1.29, 1.82) is 0 Å². The summed E-state index contributed by atoms with van der Waals surface area (Å²) in [5.41, 5.74) is 3.47. The van der Waals surface area contributed by atoms with Crippen LogP contribution in [0.3, 0.4) is 0 Å². The van der Waals surface area contributed by atoms with Crippen molar-refractivity contribution < 1.29 is 19.4 Å². The molecule has 0 unspecified atom stereocenters. The lowest BCUT2D eigenvalue weighted by Gasteiger charge is -2.15. The van der Waals surface area contributed by atoms with E-state index in [0.29, 0.717) is 30.7 Å². The van der Waals surface area contributed by atoms with Gasteiger partial charge in [-0.25, -0.2) is 4.79 Å². The highest BCUT2D eigenvalue weighted by molar-refractivity contribution is 5.97. The molecule has 26 heavy (non-hydrogen) atoms. The van der Waals surface area contributed by atoms with Gasteiger partial charge >= 0.3 is 5.97 Å². The molecule has 0 spiro atoms. The van der Waals surface area contributed by atoms with Crippen molar-refractivity contribution in [2.75, 3.05) is 11.9 Å². The number of aromatic hydroxyl groups is 1. The molecule has 2 aromatic carbocycles. The molecule has 138 valence electrons. The molecule has 0 atom stereocenters. The van der Waals surface area contributed by atoms with Gasteiger partial charge in [0.2, 0.25) is 0 Å². The molecule has 0 bridgehead atoms. The third kappa shape index (κ3) is 4.63. The van der Waals surface area contributed by atoms with Crippen LogP contribution in [0.5, 0.6) is 5.75 Å². The Bertz CT molecular complexity index is 781. The number of hydrogen-bond donors (Lipinski definition) is 2. The fraction of sp³-hybridized carbons (Fsp3) is 0.333. The summed E-state index contributed by atoms with van der Waals surface area (Å²) in [5.74, 6) is -0.403. The molecule has 0 radical (unpaired) electrons. The number of carbonyl (C=O) groups is 2. The Morgan fingerprint density at radius 3 is 2.35 bits per heavy atom. The minimum absolute atomic E-state index is 0.0799. The van der Waals surface area contributed by atoms with Crippen LogP contribution in [0.4, 0.5) is 5.69 Å². The number of phenolic OH excluding ortho intramolecular Hbond substituents is 1. The zero-order chi connectivity index (χ0) is 19.1. The highest BCUT2D eigenvalue weighted by Crippen LogP contribution is 2.28. The Morgan fingerprint density at radius 2 is 1.77 bits per heavy atom. The number of hydrogen-bond acceptors (Lipinski definition) is 5. The molecule has 2 rings (SSSR count). The van der Waals surface area contributed by atoms with Crippen LogP contribution in [-0.2, 0) is 17.7 Å². The van der Waals surface area contributed by atoms with Crippen molar-refractivity contribution >= 4 is 17.4 Å². The van der Waals surface area contributed by atoms with E-state index >= 15 is 0 Å². The molecule has 0 aliphatic rings. The lowest BCUT2D eigenvalue weighted by molar-refractivity contribution is 0.0526. The number of esters is 1. The molecule has 0 saturated heterocycles. The molecular formula is C21H25NO4. The monoisotopic (exact) mass is 355 g/mol. The Balaban J connectivity index is 2.15. The largest absolute Gasteiger partial charge is 0.507 e. The second-order valence-corrected chi connectivity index (χ2v) is 6.06. The first-order chi connectivity index (χ1) is 12.5. The highest BCUT2D eigenvalue weighted by Gasteiger charge is 2.14. The van der Waals surface area contributed by atoms with Crippen LogP contribution in [0.1, 0.15) is 59.0 Å². The van der Waals surface area contributed by atoms with Gasteiger partial charge in [0, 0.05) is 12.2 Å². The zero-order valence-electron chi connectivity index (χ0n) is 15.5. The van der Waals surface area contributed by atoms with Crippen molar-refractivity contribution in [2.24, 2.45) is 0 Å². The van der Waals surface area contributed by atoms with Gasteiger partial charge in [-0.1, -0.05) is 19.4 Å². The van der Waals surface area contributed by atoms with Crippen LogP contribution in [0.15, 0.2) is 36.4 Å². The summed E-state index contributed by atoms with van der Waals surface area (Å²) in [7, 11) is 0. The van der Waals surface area contributed by atoms with E-state index in [1.54, 1.807) is 25.1 Å². The predicted molar refractivity (Wildman–Crippen MR) is 102 cm³/mol. The molecule has 5 heteroatoms. The van der Waals surface area contributed by atoms with Gasteiger partial charge in [0.25, 0.3) is 0 Å². The molecule has 0 heterocycles. The van der Waals surface area contributed by atoms with Crippen LogP contribution in [0.2, 0.25) is 0 Å². The normalized spacial score (nSPS) is 10.4. The molecular weight excluding hydrogens is 330 g/mol. The molecule has 0 saturated carbocycles. The fourth-order valence-corrected chi connectivity index (χ4v) is 2.79. The average Bonchev–Trinajstić information content (AvgIpc) is 2.62. The standard InChI is InChI=1S/C21H25NO4/c1-4-6-19-16(9-12-18(14(3)23)20(19)24)13-22-17-10-7-15(8-11-17)21(25)26-5-2/h7-12,22,24H,4-6,13H2,1-3H3. The SMILES string of the molecule is CCCc1c(CNc2ccc(C(=O)OCC)cc2)ccc(C(C)=O)c1O. The van der Waals surface area contributed by atoms with Gasteiger partial charge in [-0.15, -0.1) is 0 Å². The van der Waals surface area contributed by atoms with Gasteiger partial charge in [0.1, 0.15) is 5.75 Å². The van der Waals surface area contributed by atoms with E-state index < -0.39 is 0 Å². The topological polar surface area (TPSA) is 75.6 Å². The van der Waals surface area contributed by atoms with E-state index in [0.717, 1.165) is 23.2 Å². The summed E-state index contributed by atoms with van der Waals surface area (Å²) in [6.45, 7) is 6.12. The second kappa shape index (κ2) is 9.04. The first kappa shape index (κ1) is 19.5. The number of benzene rings is 2. The summed E-state index contributed by atoms with van der Waals surface area (Å²) in [4.78, 5) is 23.3. The van der Waals surface area contributed by atoms with E-state index in [9.17, 15) is 14.7 Å². The lowest BCUT2D eigenvalue weighted by Crippen LogP contribution is -2.07. The van der Waals surface area contributed by atoms with Crippen molar-refractivity contribution in [3.05, 3.63) is 58.7 Å². The summed E-state index contributed by atoms with van der Waals surface area (Å²) < 4.78 is 4.97.